The fraction of sp³-hybridized carbons (Fsp3) is 0.486. The molecule has 2 aromatic carbocycles. The van der Waals surface area contributed by atoms with Gasteiger partial charge >= 0.3 is 11.9 Å². The van der Waals surface area contributed by atoms with Crippen molar-refractivity contribution >= 4 is 11.9 Å². The van der Waals surface area contributed by atoms with E-state index in [4.69, 9.17) is 28.4 Å². The third-order valence-electron chi connectivity index (χ3n) is 7.36. The number of hydrogen-bond acceptors (Lipinski definition) is 8. The Hall–Kier alpha value is -3.62. The van der Waals surface area contributed by atoms with Gasteiger partial charge in [-0.25, -0.2) is 9.59 Å². The summed E-state index contributed by atoms with van der Waals surface area (Å²) in [6, 6.07) is 8.59. The Kier molecular flexibility index (Phi) is 13.0. The third kappa shape index (κ3) is 9.70. The number of carbonyl (C=O) groups excluding carboxylic acids is 2. The van der Waals surface area contributed by atoms with Gasteiger partial charge < -0.3 is 28.4 Å². The van der Waals surface area contributed by atoms with E-state index in [1.807, 2.05) is 27.7 Å². The summed E-state index contributed by atoms with van der Waals surface area (Å²) in [5.41, 5.74) is 6.69. The van der Waals surface area contributed by atoms with Gasteiger partial charge in [0.2, 0.25) is 0 Å². The summed E-state index contributed by atoms with van der Waals surface area (Å²) in [4.78, 5) is 23.5. The van der Waals surface area contributed by atoms with E-state index in [1.165, 1.54) is 0 Å². The number of esters is 2. The topological polar surface area (TPSA) is 89.5 Å². The molecular formula is C35H48O8. The predicted octanol–water partition coefficient (Wildman–Crippen LogP) is 6.27. The minimum Gasteiger partial charge on any atom is -0.490 e. The van der Waals surface area contributed by atoms with E-state index in [-0.39, 0.29) is 31.8 Å². The van der Waals surface area contributed by atoms with E-state index in [0.29, 0.717) is 11.1 Å². The van der Waals surface area contributed by atoms with Gasteiger partial charge in [0.25, 0.3) is 0 Å². The highest BCUT2D eigenvalue weighted by atomic mass is 16.6. The SMILES string of the molecule is C=C(C)C(=O)OCC(COc1c(C)cc(C(C)(C)c2cc(C)c(OCC(COC(=O)C(=C)C)OC)c(C)c2)cc1C)OC. The number of rotatable bonds is 16. The quantitative estimate of drug-likeness (QED) is 0.165. The maximum atomic E-state index is 11.7. The Morgan fingerprint density at radius 3 is 1.21 bits per heavy atom. The summed E-state index contributed by atoms with van der Waals surface area (Å²) in [7, 11) is 3.12. The third-order valence-corrected chi connectivity index (χ3v) is 7.36. The Balaban J connectivity index is 2.18. The lowest BCUT2D eigenvalue weighted by Gasteiger charge is -2.29. The molecule has 8 heteroatoms. The number of carbonyl (C=O) groups is 2. The molecule has 2 unspecified atom stereocenters. The van der Waals surface area contributed by atoms with Crippen molar-refractivity contribution in [3.8, 4) is 11.5 Å². The average molecular weight is 597 g/mol. The van der Waals surface area contributed by atoms with Gasteiger partial charge in [-0.1, -0.05) is 51.3 Å². The molecule has 236 valence electrons. The van der Waals surface area contributed by atoms with Crippen LogP contribution in [0.2, 0.25) is 0 Å². The Morgan fingerprint density at radius 2 is 0.953 bits per heavy atom. The molecule has 0 aliphatic carbocycles. The van der Waals surface area contributed by atoms with E-state index < -0.39 is 24.1 Å². The molecule has 2 aromatic rings. The van der Waals surface area contributed by atoms with Crippen molar-refractivity contribution in [3.05, 3.63) is 82.0 Å². The van der Waals surface area contributed by atoms with E-state index in [0.717, 1.165) is 44.9 Å². The summed E-state index contributed by atoms with van der Waals surface area (Å²) >= 11 is 0. The molecule has 0 spiro atoms. The standard InChI is InChI=1S/C35H48O8/c1-21(2)33(36)42-19-29(38-11)17-40-31-23(5)13-27(14-24(31)6)35(9,10)28-15-25(7)32(26(8)16-28)41-18-30(39-12)20-43-34(37)22(3)4/h13-16,29-30H,1,3,17-20H2,2,4-12H3. The van der Waals surface area contributed by atoms with Gasteiger partial charge in [-0.3, -0.25) is 0 Å². The Morgan fingerprint density at radius 1 is 0.651 bits per heavy atom. The van der Waals surface area contributed by atoms with Crippen LogP contribution in [-0.4, -0.2) is 64.8 Å². The normalized spacial score (nSPS) is 12.7. The van der Waals surface area contributed by atoms with Crippen LogP contribution in [-0.2, 0) is 34.0 Å². The molecule has 2 atom stereocenters. The number of methoxy groups -OCH3 is 2. The Bertz CT molecular complexity index is 1180. The summed E-state index contributed by atoms with van der Waals surface area (Å²) in [6.07, 6.45) is -0.814. The van der Waals surface area contributed by atoms with Crippen LogP contribution >= 0.6 is 0 Å². The predicted molar refractivity (Wildman–Crippen MR) is 168 cm³/mol. The van der Waals surface area contributed by atoms with Gasteiger partial charge in [0.15, 0.2) is 0 Å². The maximum absolute atomic E-state index is 11.7. The number of ether oxygens (including phenoxy) is 6. The van der Waals surface area contributed by atoms with E-state index >= 15 is 0 Å². The zero-order valence-electron chi connectivity index (χ0n) is 27.5. The minimum atomic E-state index is -0.452. The van der Waals surface area contributed by atoms with Crippen LogP contribution in [0.3, 0.4) is 0 Å². The van der Waals surface area contributed by atoms with Gasteiger partial charge in [0.05, 0.1) is 0 Å². The van der Waals surface area contributed by atoms with Crippen LogP contribution in [0.4, 0.5) is 0 Å². The molecule has 0 fully saturated rings. The number of aryl methyl sites for hydroxylation is 4. The zero-order chi connectivity index (χ0) is 32.5. The van der Waals surface area contributed by atoms with Gasteiger partial charge in [-0.15, -0.1) is 0 Å². The van der Waals surface area contributed by atoms with E-state index in [2.05, 4.69) is 51.3 Å². The molecule has 0 saturated heterocycles. The fourth-order valence-electron chi connectivity index (χ4n) is 4.55. The van der Waals surface area contributed by atoms with Crippen molar-refractivity contribution in [2.75, 3.05) is 40.6 Å². The smallest absolute Gasteiger partial charge is 0.333 e. The van der Waals surface area contributed by atoms with Crippen LogP contribution in [0.25, 0.3) is 0 Å². The van der Waals surface area contributed by atoms with Crippen molar-refractivity contribution < 1.29 is 38.0 Å². The molecule has 0 radical (unpaired) electrons. The van der Waals surface area contributed by atoms with E-state index in [1.54, 1.807) is 28.1 Å². The summed E-state index contributed by atoms with van der Waals surface area (Å²) < 4.78 is 33.6. The first-order valence-corrected chi connectivity index (χ1v) is 14.3. The van der Waals surface area contributed by atoms with Crippen molar-refractivity contribution in [1.29, 1.82) is 0 Å². The number of hydrogen-bond donors (Lipinski definition) is 0. The second-order valence-corrected chi connectivity index (χ2v) is 11.6. The first kappa shape index (κ1) is 35.6. The highest BCUT2D eigenvalue weighted by Gasteiger charge is 2.27. The van der Waals surface area contributed by atoms with Crippen LogP contribution in [0.5, 0.6) is 11.5 Å². The molecule has 0 aliphatic heterocycles. The van der Waals surface area contributed by atoms with Crippen molar-refractivity contribution in [3.63, 3.8) is 0 Å². The van der Waals surface area contributed by atoms with Crippen molar-refractivity contribution in [2.45, 2.75) is 73.0 Å². The molecule has 0 bridgehead atoms. The second-order valence-electron chi connectivity index (χ2n) is 11.6. The van der Waals surface area contributed by atoms with Gasteiger partial charge in [-0.2, -0.15) is 0 Å². The van der Waals surface area contributed by atoms with Gasteiger partial charge in [-0.05, 0) is 74.9 Å². The monoisotopic (exact) mass is 596 g/mol. The van der Waals surface area contributed by atoms with Crippen molar-refractivity contribution in [1.82, 2.24) is 0 Å². The summed E-state index contributed by atoms with van der Waals surface area (Å²) in [6.45, 7) is 23.6. The zero-order valence-corrected chi connectivity index (χ0v) is 27.5. The summed E-state index contributed by atoms with van der Waals surface area (Å²) in [5, 5.41) is 0. The highest BCUT2D eigenvalue weighted by Crippen LogP contribution is 2.38. The molecule has 0 saturated carbocycles. The molecular weight excluding hydrogens is 548 g/mol. The lowest BCUT2D eigenvalue weighted by molar-refractivity contribution is -0.144. The van der Waals surface area contributed by atoms with E-state index in [9.17, 15) is 9.59 Å². The molecule has 0 aromatic heterocycles. The average Bonchev–Trinajstić information content (AvgIpc) is 2.94. The van der Waals surface area contributed by atoms with Gasteiger partial charge in [0, 0.05) is 30.8 Å². The molecule has 43 heavy (non-hydrogen) atoms. The van der Waals surface area contributed by atoms with Crippen molar-refractivity contribution in [2.24, 2.45) is 0 Å². The fourth-order valence-corrected chi connectivity index (χ4v) is 4.55. The minimum absolute atomic E-state index is 0.0817. The first-order valence-electron chi connectivity index (χ1n) is 14.3. The largest absolute Gasteiger partial charge is 0.490 e. The molecule has 0 amide bonds. The first-order chi connectivity index (χ1) is 20.1. The second kappa shape index (κ2) is 15.7. The van der Waals surface area contributed by atoms with Crippen LogP contribution < -0.4 is 9.47 Å². The molecule has 2 rings (SSSR count). The van der Waals surface area contributed by atoms with Crippen LogP contribution in [0.1, 0.15) is 61.1 Å². The Labute approximate surface area is 257 Å². The lowest BCUT2D eigenvalue weighted by Crippen LogP contribution is -2.28. The van der Waals surface area contributed by atoms with Gasteiger partial charge in [0.1, 0.15) is 50.1 Å². The highest BCUT2D eigenvalue weighted by molar-refractivity contribution is 5.87. The van der Waals surface area contributed by atoms with Crippen LogP contribution in [0.15, 0.2) is 48.6 Å². The van der Waals surface area contributed by atoms with Crippen LogP contribution in [0, 0.1) is 27.7 Å². The molecule has 0 heterocycles. The number of benzene rings is 2. The molecule has 8 nitrogen and oxygen atoms in total. The molecule has 0 N–H and O–H groups in total. The molecule has 0 aliphatic rings. The lowest BCUT2D eigenvalue weighted by atomic mass is 9.76. The maximum Gasteiger partial charge on any atom is 0.333 e. The summed E-state index contributed by atoms with van der Waals surface area (Å²) in [5.74, 6) is 0.662.